The van der Waals surface area contributed by atoms with E-state index in [0.29, 0.717) is 17.6 Å². The quantitative estimate of drug-likeness (QED) is 0.478. The predicted octanol–water partition coefficient (Wildman–Crippen LogP) is 4.87. The number of aromatic nitrogens is 2. The number of aryl methyl sites for hydroxylation is 3. The van der Waals surface area contributed by atoms with E-state index < -0.39 is 0 Å². The highest BCUT2D eigenvalue weighted by Crippen LogP contribution is 2.34. The molecule has 0 spiro atoms. The molecule has 0 unspecified atom stereocenters. The zero-order valence-electron chi connectivity index (χ0n) is 18.1. The maximum atomic E-state index is 13.7. The number of fused-ring (bicyclic) bond motifs is 3. The third-order valence-electron chi connectivity index (χ3n) is 5.96. The fraction of sp³-hybridized carbons (Fsp3) is 0.269. The Hall–Kier alpha value is -3.25. The smallest absolute Gasteiger partial charge is 0.263 e. The van der Waals surface area contributed by atoms with Crippen LogP contribution < -0.4 is 10.9 Å². The van der Waals surface area contributed by atoms with E-state index in [-0.39, 0.29) is 18.0 Å². The van der Waals surface area contributed by atoms with Crippen LogP contribution in [-0.2, 0) is 30.6 Å². The second-order valence-electron chi connectivity index (χ2n) is 8.39. The van der Waals surface area contributed by atoms with E-state index in [0.717, 1.165) is 52.9 Å². The Morgan fingerprint density at radius 2 is 1.91 bits per heavy atom. The van der Waals surface area contributed by atoms with Crippen LogP contribution in [0.15, 0.2) is 59.4 Å². The summed E-state index contributed by atoms with van der Waals surface area (Å²) in [7, 11) is 0. The average Bonchev–Trinajstić information content (AvgIpc) is 3.15. The first-order valence-corrected chi connectivity index (χ1v) is 11.8. The fourth-order valence-corrected chi connectivity index (χ4v) is 5.69. The summed E-state index contributed by atoms with van der Waals surface area (Å²) >= 11 is 1.65. The second kappa shape index (κ2) is 8.71. The Morgan fingerprint density at radius 3 is 2.72 bits per heavy atom. The van der Waals surface area contributed by atoms with E-state index in [1.54, 1.807) is 15.9 Å². The van der Waals surface area contributed by atoms with E-state index in [1.165, 1.54) is 4.88 Å². The summed E-state index contributed by atoms with van der Waals surface area (Å²) in [5.41, 5.74) is 3.91. The summed E-state index contributed by atoms with van der Waals surface area (Å²) in [6.45, 7) is 1.93. The minimum absolute atomic E-state index is 0.0531. The largest absolute Gasteiger partial charge is 0.325 e. The molecule has 0 bridgehead atoms. The molecule has 2 aromatic heterocycles. The van der Waals surface area contributed by atoms with Gasteiger partial charge in [-0.3, -0.25) is 14.2 Å². The lowest BCUT2D eigenvalue weighted by Crippen LogP contribution is -2.31. The Kier molecular flexibility index (Phi) is 5.62. The van der Waals surface area contributed by atoms with Crippen molar-refractivity contribution in [2.24, 2.45) is 0 Å². The SMILES string of the molecule is Cc1cccc(NC(=O)Cn2c(Cc3ccccc3)nc3sc4c(c3c2=O)CCCC4)c1. The lowest BCUT2D eigenvalue weighted by atomic mass is 9.97. The van der Waals surface area contributed by atoms with E-state index >= 15 is 0 Å². The molecule has 0 atom stereocenters. The lowest BCUT2D eigenvalue weighted by molar-refractivity contribution is -0.116. The fourth-order valence-electron chi connectivity index (χ4n) is 4.42. The van der Waals surface area contributed by atoms with Gasteiger partial charge in [-0.05, 0) is 61.4 Å². The number of nitrogens with zero attached hydrogens (tertiary/aromatic N) is 2. The van der Waals surface area contributed by atoms with Gasteiger partial charge in [0.05, 0.1) is 5.39 Å². The Balaban J connectivity index is 1.56. The minimum Gasteiger partial charge on any atom is -0.325 e. The van der Waals surface area contributed by atoms with E-state index in [9.17, 15) is 9.59 Å². The summed E-state index contributed by atoms with van der Waals surface area (Å²) in [6, 6.07) is 17.6. The molecule has 162 valence electrons. The van der Waals surface area contributed by atoms with Crippen LogP contribution in [0.4, 0.5) is 5.69 Å². The Labute approximate surface area is 190 Å². The number of carbonyl (C=O) groups excluding carboxylic acids is 1. The van der Waals surface area contributed by atoms with Crippen molar-refractivity contribution in [3.63, 3.8) is 0 Å². The van der Waals surface area contributed by atoms with Crippen LogP contribution >= 0.6 is 11.3 Å². The van der Waals surface area contributed by atoms with Gasteiger partial charge in [0.15, 0.2) is 0 Å². The lowest BCUT2D eigenvalue weighted by Gasteiger charge is -2.14. The molecule has 0 fully saturated rings. The Bertz CT molecular complexity index is 1360. The molecule has 1 aliphatic rings. The summed E-state index contributed by atoms with van der Waals surface area (Å²) in [5.74, 6) is 0.406. The van der Waals surface area contributed by atoms with Gasteiger partial charge in [-0.1, -0.05) is 42.5 Å². The topological polar surface area (TPSA) is 64.0 Å². The highest BCUT2D eigenvalue weighted by Gasteiger charge is 2.23. The molecule has 0 aliphatic heterocycles. The number of anilines is 1. The van der Waals surface area contributed by atoms with Gasteiger partial charge in [0.1, 0.15) is 17.2 Å². The molecule has 2 aromatic carbocycles. The van der Waals surface area contributed by atoms with Crippen molar-refractivity contribution in [2.45, 2.75) is 45.6 Å². The van der Waals surface area contributed by atoms with Crippen LogP contribution in [-0.4, -0.2) is 15.5 Å². The average molecular weight is 444 g/mol. The first-order chi connectivity index (χ1) is 15.6. The molecule has 1 amide bonds. The van der Waals surface area contributed by atoms with Gasteiger partial charge in [-0.15, -0.1) is 11.3 Å². The van der Waals surface area contributed by atoms with Gasteiger partial charge in [-0.2, -0.15) is 0 Å². The van der Waals surface area contributed by atoms with E-state index in [4.69, 9.17) is 4.98 Å². The van der Waals surface area contributed by atoms with Gasteiger partial charge in [-0.25, -0.2) is 4.98 Å². The number of rotatable bonds is 5. The van der Waals surface area contributed by atoms with Crippen molar-refractivity contribution in [3.8, 4) is 0 Å². The van der Waals surface area contributed by atoms with Crippen LogP contribution in [0.3, 0.4) is 0 Å². The molecule has 1 aliphatic carbocycles. The van der Waals surface area contributed by atoms with Gasteiger partial charge >= 0.3 is 0 Å². The summed E-state index contributed by atoms with van der Waals surface area (Å²) in [5, 5.41) is 3.64. The van der Waals surface area contributed by atoms with Crippen LogP contribution in [0.5, 0.6) is 0 Å². The minimum atomic E-state index is -0.225. The summed E-state index contributed by atoms with van der Waals surface area (Å²) in [4.78, 5) is 33.6. The predicted molar refractivity (Wildman–Crippen MR) is 130 cm³/mol. The molecule has 0 saturated heterocycles. The molecule has 5 rings (SSSR count). The van der Waals surface area contributed by atoms with Crippen molar-refractivity contribution in [1.82, 2.24) is 9.55 Å². The van der Waals surface area contributed by atoms with Crippen molar-refractivity contribution in [3.05, 3.63) is 92.3 Å². The zero-order chi connectivity index (χ0) is 22.1. The van der Waals surface area contributed by atoms with Gasteiger partial charge in [0, 0.05) is 17.0 Å². The number of benzene rings is 2. The molecule has 32 heavy (non-hydrogen) atoms. The third-order valence-corrected chi connectivity index (χ3v) is 7.15. The molecular weight excluding hydrogens is 418 g/mol. The number of thiophene rings is 1. The number of hydrogen-bond donors (Lipinski definition) is 1. The first-order valence-electron chi connectivity index (χ1n) is 11.0. The van der Waals surface area contributed by atoms with Crippen molar-refractivity contribution < 1.29 is 4.79 Å². The molecule has 0 saturated carbocycles. The van der Waals surface area contributed by atoms with Crippen molar-refractivity contribution in [2.75, 3.05) is 5.32 Å². The maximum absolute atomic E-state index is 13.7. The summed E-state index contributed by atoms with van der Waals surface area (Å²) in [6.07, 6.45) is 4.69. The third kappa shape index (κ3) is 4.10. The van der Waals surface area contributed by atoms with Crippen LogP contribution in [0, 0.1) is 6.92 Å². The highest BCUT2D eigenvalue weighted by atomic mass is 32.1. The van der Waals surface area contributed by atoms with Gasteiger partial charge in [0.2, 0.25) is 5.91 Å². The molecular formula is C26H25N3O2S. The van der Waals surface area contributed by atoms with E-state index in [1.807, 2.05) is 61.5 Å². The number of nitrogens with one attached hydrogen (secondary N) is 1. The standard InChI is InChI=1S/C26H25N3O2S/c1-17-8-7-11-19(14-17)27-23(30)16-29-22(15-18-9-3-2-4-10-18)28-25-24(26(29)31)20-12-5-6-13-21(20)32-25/h2-4,7-11,14H,5-6,12-13,15-16H2,1H3,(H,27,30). The normalized spacial score (nSPS) is 13.2. The summed E-state index contributed by atoms with van der Waals surface area (Å²) < 4.78 is 1.57. The highest BCUT2D eigenvalue weighted by molar-refractivity contribution is 7.18. The zero-order valence-corrected chi connectivity index (χ0v) is 18.9. The first kappa shape index (κ1) is 20.6. The van der Waals surface area contributed by atoms with Gasteiger partial charge in [0.25, 0.3) is 5.56 Å². The number of amides is 1. The van der Waals surface area contributed by atoms with Crippen LogP contribution in [0.2, 0.25) is 0 Å². The number of hydrogen-bond acceptors (Lipinski definition) is 4. The van der Waals surface area contributed by atoms with E-state index in [2.05, 4.69) is 5.32 Å². The van der Waals surface area contributed by atoms with Crippen LogP contribution in [0.1, 0.15) is 40.2 Å². The monoisotopic (exact) mass is 443 g/mol. The van der Waals surface area contributed by atoms with Crippen LogP contribution in [0.25, 0.3) is 10.2 Å². The molecule has 6 heteroatoms. The molecule has 5 nitrogen and oxygen atoms in total. The molecule has 1 N–H and O–H groups in total. The number of carbonyl (C=O) groups is 1. The molecule has 2 heterocycles. The molecule has 4 aromatic rings. The van der Waals surface area contributed by atoms with Crippen molar-refractivity contribution in [1.29, 1.82) is 0 Å². The Morgan fingerprint density at radius 1 is 1.09 bits per heavy atom. The molecule has 0 radical (unpaired) electrons. The van der Waals surface area contributed by atoms with Gasteiger partial charge < -0.3 is 5.32 Å². The maximum Gasteiger partial charge on any atom is 0.263 e. The second-order valence-corrected chi connectivity index (χ2v) is 9.47. The van der Waals surface area contributed by atoms with Crippen molar-refractivity contribution >= 4 is 33.1 Å².